The third kappa shape index (κ3) is 5.13. The molecule has 2 N–H and O–H groups in total. The normalized spacial score (nSPS) is 13.9. The molecule has 1 aromatic heterocycles. The number of alkyl halides is 3. The zero-order valence-corrected chi connectivity index (χ0v) is 9.35. The summed E-state index contributed by atoms with van der Waals surface area (Å²) in [5.74, 6) is 0. The molecular weight excluding hydrogens is 273 g/mol. The van der Waals surface area contributed by atoms with E-state index in [0.717, 1.165) is 4.47 Å². The van der Waals surface area contributed by atoms with Gasteiger partial charge in [-0.25, -0.2) is 0 Å². The Balaban J connectivity index is 2.55. The van der Waals surface area contributed by atoms with E-state index in [4.69, 9.17) is 5.73 Å². The smallest absolute Gasteiger partial charge is 0.327 e. The molecule has 0 fully saturated rings. The first-order valence-electron chi connectivity index (χ1n) is 4.28. The van der Waals surface area contributed by atoms with Gasteiger partial charge in [0.25, 0.3) is 0 Å². The third-order valence-electron chi connectivity index (χ3n) is 1.75. The van der Waals surface area contributed by atoms with Crippen molar-refractivity contribution in [3.8, 4) is 0 Å². The van der Waals surface area contributed by atoms with E-state index in [9.17, 15) is 13.2 Å². The van der Waals surface area contributed by atoms with Crippen molar-refractivity contribution in [3.63, 3.8) is 0 Å². The summed E-state index contributed by atoms with van der Waals surface area (Å²) >= 11 is 3.19. The Morgan fingerprint density at radius 2 is 2.07 bits per heavy atom. The van der Waals surface area contributed by atoms with Gasteiger partial charge in [-0.15, -0.1) is 0 Å². The maximum atomic E-state index is 12.0. The summed E-state index contributed by atoms with van der Waals surface area (Å²) in [5.41, 5.74) is 6.07. The molecule has 6 heteroatoms. The van der Waals surface area contributed by atoms with Crippen molar-refractivity contribution in [2.75, 3.05) is 0 Å². The lowest BCUT2D eigenvalue weighted by atomic mass is 10.1. The van der Waals surface area contributed by atoms with Crippen molar-refractivity contribution in [1.29, 1.82) is 0 Å². The van der Waals surface area contributed by atoms with Gasteiger partial charge in [-0.1, -0.05) is 0 Å². The fraction of sp³-hybridized carbons (Fsp3) is 0.444. The van der Waals surface area contributed by atoms with Crippen LogP contribution in [0.5, 0.6) is 0 Å². The molecule has 2 nitrogen and oxygen atoms in total. The maximum absolute atomic E-state index is 12.0. The van der Waals surface area contributed by atoms with Crippen molar-refractivity contribution in [2.45, 2.75) is 25.1 Å². The van der Waals surface area contributed by atoms with Gasteiger partial charge in [-0.05, 0) is 34.0 Å². The second kappa shape index (κ2) is 4.94. The van der Waals surface area contributed by atoms with Crippen molar-refractivity contribution < 1.29 is 13.2 Å². The standard InChI is InChI=1S/C9H10BrF3N2/c10-7-1-6(4-15-5-7)2-8(14)3-9(11,12)13/h1,4-5,8H,2-3,14H2. The average Bonchev–Trinajstić information content (AvgIpc) is 1.99. The SMILES string of the molecule is NC(Cc1cncc(Br)c1)CC(F)(F)F. The summed E-state index contributed by atoms with van der Waals surface area (Å²) in [7, 11) is 0. The molecule has 1 aromatic rings. The van der Waals surface area contributed by atoms with E-state index < -0.39 is 18.6 Å². The summed E-state index contributed by atoms with van der Waals surface area (Å²) in [5, 5.41) is 0. The Labute approximate surface area is 93.8 Å². The average molecular weight is 283 g/mol. The van der Waals surface area contributed by atoms with Gasteiger partial charge in [-0.3, -0.25) is 4.98 Å². The molecular formula is C9H10BrF3N2. The molecule has 1 atom stereocenters. The Morgan fingerprint density at radius 1 is 1.40 bits per heavy atom. The molecule has 0 aliphatic rings. The molecule has 0 bridgehead atoms. The molecule has 0 aromatic carbocycles. The number of halogens is 4. The van der Waals surface area contributed by atoms with Gasteiger partial charge in [0, 0.05) is 22.9 Å². The zero-order valence-electron chi connectivity index (χ0n) is 7.76. The van der Waals surface area contributed by atoms with Crippen molar-refractivity contribution in [2.24, 2.45) is 5.73 Å². The van der Waals surface area contributed by atoms with Gasteiger partial charge in [0.2, 0.25) is 0 Å². The summed E-state index contributed by atoms with van der Waals surface area (Å²) < 4.78 is 36.7. The van der Waals surface area contributed by atoms with Crippen LogP contribution >= 0.6 is 15.9 Å². The second-order valence-corrected chi connectivity index (χ2v) is 4.21. The minimum Gasteiger partial charge on any atom is -0.327 e. The summed E-state index contributed by atoms with van der Waals surface area (Å²) in [4.78, 5) is 3.85. The minimum atomic E-state index is -4.21. The summed E-state index contributed by atoms with van der Waals surface area (Å²) in [6.45, 7) is 0. The summed E-state index contributed by atoms with van der Waals surface area (Å²) in [6, 6.07) is 0.796. The lowest BCUT2D eigenvalue weighted by molar-refractivity contribution is -0.138. The van der Waals surface area contributed by atoms with E-state index in [1.165, 1.54) is 6.20 Å². The number of aromatic nitrogens is 1. The van der Waals surface area contributed by atoms with E-state index in [1.54, 1.807) is 12.3 Å². The number of hydrogen-bond donors (Lipinski definition) is 1. The molecule has 0 saturated carbocycles. The van der Waals surface area contributed by atoms with Crippen LogP contribution in [0.25, 0.3) is 0 Å². The molecule has 0 radical (unpaired) electrons. The van der Waals surface area contributed by atoms with Crippen LogP contribution in [0, 0.1) is 0 Å². The first-order chi connectivity index (χ1) is 6.87. The maximum Gasteiger partial charge on any atom is 0.390 e. The molecule has 0 aliphatic carbocycles. The van der Waals surface area contributed by atoms with Crippen LogP contribution in [0.4, 0.5) is 13.2 Å². The van der Waals surface area contributed by atoms with Crippen LogP contribution in [-0.2, 0) is 6.42 Å². The predicted molar refractivity (Wildman–Crippen MR) is 54.3 cm³/mol. The molecule has 0 amide bonds. The van der Waals surface area contributed by atoms with Gasteiger partial charge in [0.1, 0.15) is 0 Å². The fourth-order valence-electron chi connectivity index (χ4n) is 1.24. The molecule has 0 saturated heterocycles. The highest BCUT2D eigenvalue weighted by atomic mass is 79.9. The zero-order chi connectivity index (χ0) is 11.5. The van der Waals surface area contributed by atoms with Crippen molar-refractivity contribution in [1.82, 2.24) is 4.98 Å². The lowest BCUT2D eigenvalue weighted by Gasteiger charge is -2.13. The Morgan fingerprint density at radius 3 is 2.60 bits per heavy atom. The quantitative estimate of drug-likeness (QED) is 0.926. The molecule has 1 heterocycles. The van der Waals surface area contributed by atoms with E-state index in [-0.39, 0.29) is 6.42 Å². The molecule has 84 valence electrons. The highest BCUT2D eigenvalue weighted by Crippen LogP contribution is 2.22. The van der Waals surface area contributed by atoms with E-state index >= 15 is 0 Å². The van der Waals surface area contributed by atoms with E-state index in [1.807, 2.05) is 0 Å². The number of nitrogens with two attached hydrogens (primary N) is 1. The van der Waals surface area contributed by atoms with Gasteiger partial charge in [0.05, 0.1) is 6.42 Å². The molecule has 1 unspecified atom stereocenters. The van der Waals surface area contributed by atoms with Gasteiger partial charge in [0.15, 0.2) is 0 Å². The van der Waals surface area contributed by atoms with Crippen LogP contribution in [-0.4, -0.2) is 17.2 Å². The second-order valence-electron chi connectivity index (χ2n) is 3.29. The number of nitrogens with zero attached hydrogens (tertiary/aromatic N) is 1. The monoisotopic (exact) mass is 282 g/mol. The number of pyridine rings is 1. The molecule has 0 spiro atoms. The van der Waals surface area contributed by atoms with Crippen molar-refractivity contribution in [3.05, 3.63) is 28.5 Å². The van der Waals surface area contributed by atoms with Crippen molar-refractivity contribution >= 4 is 15.9 Å². The van der Waals surface area contributed by atoms with Crippen LogP contribution in [0.1, 0.15) is 12.0 Å². The summed E-state index contributed by atoms with van der Waals surface area (Å²) in [6.07, 6.45) is -1.93. The lowest BCUT2D eigenvalue weighted by Crippen LogP contribution is -2.29. The Kier molecular flexibility index (Phi) is 4.10. The topological polar surface area (TPSA) is 38.9 Å². The Hall–Kier alpha value is -0.620. The highest BCUT2D eigenvalue weighted by molar-refractivity contribution is 9.10. The number of hydrogen-bond acceptors (Lipinski definition) is 2. The van der Waals surface area contributed by atoms with E-state index in [0.29, 0.717) is 5.56 Å². The Bertz CT molecular complexity index is 327. The van der Waals surface area contributed by atoms with E-state index in [2.05, 4.69) is 20.9 Å². The van der Waals surface area contributed by atoms with Crippen LogP contribution in [0.2, 0.25) is 0 Å². The van der Waals surface area contributed by atoms with Gasteiger partial charge >= 0.3 is 6.18 Å². The third-order valence-corrected chi connectivity index (χ3v) is 2.19. The van der Waals surface area contributed by atoms with Crippen LogP contribution < -0.4 is 5.73 Å². The first-order valence-corrected chi connectivity index (χ1v) is 5.08. The molecule has 15 heavy (non-hydrogen) atoms. The fourth-order valence-corrected chi connectivity index (χ4v) is 1.65. The van der Waals surface area contributed by atoms with Crippen LogP contribution in [0.15, 0.2) is 22.9 Å². The highest BCUT2D eigenvalue weighted by Gasteiger charge is 2.30. The molecule has 0 aliphatic heterocycles. The predicted octanol–water partition coefficient (Wildman–Crippen LogP) is 2.67. The van der Waals surface area contributed by atoms with Crippen LogP contribution in [0.3, 0.4) is 0 Å². The largest absolute Gasteiger partial charge is 0.390 e. The minimum absolute atomic E-state index is 0.173. The van der Waals surface area contributed by atoms with Gasteiger partial charge < -0.3 is 5.73 Å². The molecule has 1 rings (SSSR count). The first kappa shape index (κ1) is 12.4. The number of rotatable bonds is 3. The van der Waals surface area contributed by atoms with Gasteiger partial charge in [-0.2, -0.15) is 13.2 Å².